The molecule has 5 heteroatoms. The van der Waals surface area contributed by atoms with Gasteiger partial charge in [-0.05, 0) is 60.1 Å². The Morgan fingerprint density at radius 2 is 1.73 bits per heavy atom. The van der Waals surface area contributed by atoms with Crippen LogP contribution in [0.1, 0.15) is 12.5 Å². The van der Waals surface area contributed by atoms with E-state index in [0.717, 1.165) is 43.3 Å². The third kappa shape index (κ3) is 4.97. The Kier molecular flexibility index (Phi) is 6.60. The fraction of sp³-hybridized carbons (Fsp3) is 0.320. The first-order valence-corrected chi connectivity index (χ1v) is 11.6. The number of carbonyl (C=O) groups excluding carboxylic acids is 1. The minimum absolute atomic E-state index is 0.0249. The molecule has 1 amide bonds. The predicted octanol–water partition coefficient (Wildman–Crippen LogP) is 5.02. The minimum atomic E-state index is 0.0249. The van der Waals surface area contributed by atoms with E-state index in [1.807, 2.05) is 18.2 Å². The number of likely N-dealkylation sites (N-methyl/N-ethyl adjacent to an activating group) is 1. The standard InChI is InChI=1S/C25H29N3OS/c1-3-27-12-14-28(15-13-27)24-11-9-22(16-19(24)2)26-25(29)18-30-23-10-8-20-6-4-5-7-21(20)17-23/h4-11,16-17H,3,12-15,18H2,1-2H3,(H,26,29). The van der Waals surface area contributed by atoms with E-state index in [1.54, 1.807) is 11.8 Å². The van der Waals surface area contributed by atoms with Gasteiger partial charge in [0.15, 0.2) is 0 Å². The number of anilines is 2. The van der Waals surface area contributed by atoms with Crippen molar-refractivity contribution in [1.82, 2.24) is 4.90 Å². The number of hydrogen-bond acceptors (Lipinski definition) is 4. The molecular formula is C25H29N3OS. The molecule has 3 aromatic carbocycles. The summed E-state index contributed by atoms with van der Waals surface area (Å²) in [5.74, 6) is 0.426. The van der Waals surface area contributed by atoms with E-state index in [1.165, 1.54) is 22.0 Å². The Morgan fingerprint density at radius 3 is 2.47 bits per heavy atom. The fourth-order valence-electron chi connectivity index (χ4n) is 4.00. The second-order valence-corrected chi connectivity index (χ2v) is 8.82. The number of thioether (sulfide) groups is 1. The molecule has 0 radical (unpaired) electrons. The lowest BCUT2D eigenvalue weighted by Crippen LogP contribution is -2.46. The topological polar surface area (TPSA) is 35.6 Å². The number of nitrogens with one attached hydrogen (secondary N) is 1. The van der Waals surface area contributed by atoms with Crippen LogP contribution in [0.2, 0.25) is 0 Å². The highest BCUT2D eigenvalue weighted by Gasteiger charge is 2.17. The molecule has 1 aliphatic rings. The largest absolute Gasteiger partial charge is 0.369 e. The molecule has 4 nitrogen and oxygen atoms in total. The first kappa shape index (κ1) is 20.8. The summed E-state index contributed by atoms with van der Waals surface area (Å²) in [6.07, 6.45) is 0. The number of amides is 1. The van der Waals surface area contributed by atoms with Crippen LogP contribution in [0.5, 0.6) is 0 Å². The number of aryl methyl sites for hydroxylation is 1. The van der Waals surface area contributed by atoms with Gasteiger partial charge in [-0.25, -0.2) is 0 Å². The highest BCUT2D eigenvalue weighted by molar-refractivity contribution is 8.00. The van der Waals surface area contributed by atoms with Crippen LogP contribution in [0.15, 0.2) is 65.6 Å². The van der Waals surface area contributed by atoms with Gasteiger partial charge in [-0.1, -0.05) is 37.3 Å². The van der Waals surface area contributed by atoms with E-state index in [-0.39, 0.29) is 5.91 Å². The maximum Gasteiger partial charge on any atom is 0.234 e. The van der Waals surface area contributed by atoms with Crippen molar-refractivity contribution >= 4 is 39.8 Å². The summed E-state index contributed by atoms with van der Waals surface area (Å²) in [6.45, 7) is 9.80. The van der Waals surface area contributed by atoms with E-state index < -0.39 is 0 Å². The van der Waals surface area contributed by atoms with Gasteiger partial charge in [0.25, 0.3) is 0 Å². The number of rotatable bonds is 6. The van der Waals surface area contributed by atoms with Gasteiger partial charge < -0.3 is 15.1 Å². The van der Waals surface area contributed by atoms with E-state index >= 15 is 0 Å². The molecule has 1 fully saturated rings. The van der Waals surface area contributed by atoms with Gasteiger partial charge >= 0.3 is 0 Å². The number of piperazine rings is 1. The highest BCUT2D eigenvalue weighted by Crippen LogP contribution is 2.26. The molecule has 0 bridgehead atoms. The SMILES string of the molecule is CCN1CCN(c2ccc(NC(=O)CSc3ccc4ccccc4c3)cc2C)CC1. The van der Waals surface area contributed by atoms with Crippen LogP contribution >= 0.6 is 11.8 Å². The summed E-state index contributed by atoms with van der Waals surface area (Å²) < 4.78 is 0. The van der Waals surface area contributed by atoms with Gasteiger partial charge in [0.2, 0.25) is 5.91 Å². The molecule has 1 heterocycles. The van der Waals surface area contributed by atoms with E-state index in [0.29, 0.717) is 5.75 Å². The Labute approximate surface area is 183 Å². The fourth-order valence-corrected chi connectivity index (χ4v) is 4.74. The second-order valence-electron chi connectivity index (χ2n) is 7.77. The molecule has 0 atom stereocenters. The van der Waals surface area contributed by atoms with Crippen molar-refractivity contribution in [3.63, 3.8) is 0 Å². The Balaban J connectivity index is 1.33. The van der Waals surface area contributed by atoms with E-state index in [9.17, 15) is 4.79 Å². The lowest BCUT2D eigenvalue weighted by atomic mass is 10.1. The Morgan fingerprint density at radius 1 is 0.967 bits per heavy atom. The van der Waals surface area contributed by atoms with Gasteiger partial charge in [0.05, 0.1) is 5.75 Å². The number of benzene rings is 3. The molecule has 0 unspecified atom stereocenters. The van der Waals surface area contributed by atoms with Crippen LogP contribution in [-0.2, 0) is 4.79 Å². The normalized spacial score (nSPS) is 14.8. The highest BCUT2D eigenvalue weighted by atomic mass is 32.2. The summed E-state index contributed by atoms with van der Waals surface area (Å²) in [5.41, 5.74) is 3.35. The summed E-state index contributed by atoms with van der Waals surface area (Å²) in [6, 6.07) is 20.9. The van der Waals surface area contributed by atoms with Crippen LogP contribution in [0, 0.1) is 6.92 Å². The zero-order valence-electron chi connectivity index (χ0n) is 17.7. The Bertz CT molecular complexity index is 1030. The zero-order chi connectivity index (χ0) is 20.9. The molecule has 4 rings (SSSR count). The van der Waals surface area contributed by atoms with Crippen molar-refractivity contribution < 1.29 is 4.79 Å². The zero-order valence-corrected chi connectivity index (χ0v) is 18.5. The maximum absolute atomic E-state index is 12.5. The van der Waals surface area contributed by atoms with Crippen LogP contribution in [0.25, 0.3) is 10.8 Å². The number of nitrogens with zero attached hydrogens (tertiary/aromatic N) is 2. The second kappa shape index (κ2) is 9.54. The lowest BCUT2D eigenvalue weighted by molar-refractivity contribution is -0.113. The van der Waals surface area contributed by atoms with Crippen molar-refractivity contribution in [3.8, 4) is 0 Å². The summed E-state index contributed by atoms with van der Waals surface area (Å²) >= 11 is 1.57. The quantitative estimate of drug-likeness (QED) is 0.569. The van der Waals surface area contributed by atoms with Crippen LogP contribution < -0.4 is 10.2 Å². The molecule has 156 valence electrons. The molecule has 1 N–H and O–H groups in total. The van der Waals surface area contributed by atoms with E-state index in [4.69, 9.17) is 0 Å². The average Bonchev–Trinajstić information content (AvgIpc) is 2.78. The van der Waals surface area contributed by atoms with Crippen molar-refractivity contribution in [1.29, 1.82) is 0 Å². The van der Waals surface area contributed by atoms with Gasteiger partial charge in [-0.15, -0.1) is 11.8 Å². The first-order chi connectivity index (χ1) is 14.6. The molecule has 1 saturated heterocycles. The molecule has 0 saturated carbocycles. The predicted molar refractivity (Wildman–Crippen MR) is 129 cm³/mol. The third-order valence-electron chi connectivity index (χ3n) is 5.73. The van der Waals surface area contributed by atoms with Gasteiger partial charge in [-0.2, -0.15) is 0 Å². The lowest BCUT2D eigenvalue weighted by Gasteiger charge is -2.36. The molecular weight excluding hydrogens is 390 g/mol. The molecule has 3 aromatic rings. The smallest absolute Gasteiger partial charge is 0.234 e. The van der Waals surface area contributed by atoms with E-state index in [2.05, 4.69) is 71.4 Å². The average molecular weight is 420 g/mol. The molecule has 0 aromatic heterocycles. The van der Waals surface area contributed by atoms with Crippen molar-refractivity contribution in [3.05, 3.63) is 66.2 Å². The summed E-state index contributed by atoms with van der Waals surface area (Å²) in [7, 11) is 0. The molecule has 0 aliphatic carbocycles. The van der Waals surface area contributed by atoms with Crippen molar-refractivity contribution in [2.24, 2.45) is 0 Å². The van der Waals surface area contributed by atoms with Gasteiger partial charge in [0, 0.05) is 42.4 Å². The van der Waals surface area contributed by atoms with Gasteiger partial charge in [0.1, 0.15) is 0 Å². The number of carbonyl (C=O) groups is 1. The Hall–Kier alpha value is -2.50. The van der Waals surface area contributed by atoms with Gasteiger partial charge in [-0.3, -0.25) is 4.79 Å². The van der Waals surface area contributed by atoms with Crippen molar-refractivity contribution in [2.75, 3.05) is 48.7 Å². The molecule has 1 aliphatic heterocycles. The monoisotopic (exact) mass is 419 g/mol. The molecule has 0 spiro atoms. The summed E-state index contributed by atoms with van der Waals surface area (Å²) in [4.78, 5) is 18.5. The minimum Gasteiger partial charge on any atom is -0.369 e. The summed E-state index contributed by atoms with van der Waals surface area (Å²) in [5, 5.41) is 5.47. The molecule has 30 heavy (non-hydrogen) atoms. The van der Waals surface area contributed by atoms with Crippen LogP contribution in [-0.4, -0.2) is 49.3 Å². The third-order valence-corrected chi connectivity index (χ3v) is 6.73. The number of fused-ring (bicyclic) bond motifs is 1. The maximum atomic E-state index is 12.5. The van der Waals surface area contributed by atoms with Crippen LogP contribution in [0.3, 0.4) is 0 Å². The van der Waals surface area contributed by atoms with Crippen molar-refractivity contribution in [2.45, 2.75) is 18.7 Å². The van der Waals surface area contributed by atoms with Crippen LogP contribution in [0.4, 0.5) is 11.4 Å². The number of hydrogen-bond donors (Lipinski definition) is 1. The first-order valence-electron chi connectivity index (χ1n) is 10.6.